The van der Waals surface area contributed by atoms with Gasteiger partial charge in [-0.15, -0.1) is 11.3 Å². The molecule has 3 nitrogen and oxygen atoms in total. The van der Waals surface area contributed by atoms with Crippen molar-refractivity contribution in [3.05, 3.63) is 34.1 Å². The Balaban J connectivity index is 2.41. The van der Waals surface area contributed by atoms with Gasteiger partial charge in [0.2, 0.25) is 0 Å². The van der Waals surface area contributed by atoms with E-state index in [1.807, 2.05) is 13.0 Å². The Morgan fingerprint density at radius 2 is 2.27 bits per heavy atom. The summed E-state index contributed by atoms with van der Waals surface area (Å²) in [5.41, 5.74) is 1.65. The van der Waals surface area contributed by atoms with Gasteiger partial charge in [0, 0.05) is 16.6 Å². The van der Waals surface area contributed by atoms with Crippen molar-refractivity contribution in [1.82, 2.24) is 9.97 Å². The summed E-state index contributed by atoms with van der Waals surface area (Å²) in [6.07, 6.45) is 1.68. The van der Waals surface area contributed by atoms with E-state index < -0.39 is 0 Å². The molecule has 15 heavy (non-hydrogen) atoms. The number of aliphatic hydroxyl groups is 1. The number of rotatable bonds is 2. The van der Waals surface area contributed by atoms with Crippen molar-refractivity contribution < 1.29 is 5.11 Å². The standard InChI is InChI=1S/C10H9ClN2OS/c1-6-8(5-14)13-10(15-6)7-2-3-9(11)12-4-7/h2-4,14H,5H2,1H3. The Bertz CT molecular complexity index is 467. The average Bonchev–Trinajstić information content (AvgIpc) is 2.61. The molecule has 0 aromatic carbocycles. The molecule has 0 amide bonds. The third-order valence-electron chi connectivity index (χ3n) is 2.02. The van der Waals surface area contributed by atoms with Crippen molar-refractivity contribution in [2.75, 3.05) is 0 Å². The monoisotopic (exact) mass is 240 g/mol. The minimum atomic E-state index is -0.0245. The molecule has 0 unspecified atom stereocenters. The van der Waals surface area contributed by atoms with Gasteiger partial charge < -0.3 is 5.11 Å². The lowest BCUT2D eigenvalue weighted by atomic mass is 10.3. The topological polar surface area (TPSA) is 46.0 Å². The van der Waals surface area contributed by atoms with E-state index >= 15 is 0 Å². The molecule has 2 rings (SSSR count). The molecule has 0 aliphatic carbocycles. The van der Waals surface area contributed by atoms with Crippen molar-refractivity contribution >= 4 is 22.9 Å². The number of aliphatic hydroxyl groups excluding tert-OH is 1. The van der Waals surface area contributed by atoms with Crippen LogP contribution in [0.1, 0.15) is 10.6 Å². The Morgan fingerprint density at radius 1 is 1.47 bits per heavy atom. The van der Waals surface area contributed by atoms with Gasteiger partial charge in [-0.25, -0.2) is 9.97 Å². The molecule has 0 spiro atoms. The van der Waals surface area contributed by atoms with Gasteiger partial charge in [-0.2, -0.15) is 0 Å². The lowest BCUT2D eigenvalue weighted by Crippen LogP contribution is -1.85. The summed E-state index contributed by atoms with van der Waals surface area (Å²) in [5.74, 6) is 0. The molecule has 0 aliphatic rings. The maximum atomic E-state index is 9.03. The molecule has 0 radical (unpaired) electrons. The van der Waals surface area contributed by atoms with Crippen LogP contribution >= 0.6 is 22.9 Å². The largest absolute Gasteiger partial charge is 0.390 e. The highest BCUT2D eigenvalue weighted by Crippen LogP contribution is 2.27. The van der Waals surface area contributed by atoms with Gasteiger partial charge in [-0.1, -0.05) is 11.6 Å². The van der Waals surface area contributed by atoms with Gasteiger partial charge >= 0.3 is 0 Å². The zero-order valence-electron chi connectivity index (χ0n) is 8.07. The molecule has 2 aromatic heterocycles. The highest BCUT2D eigenvalue weighted by molar-refractivity contribution is 7.15. The van der Waals surface area contributed by atoms with E-state index in [1.54, 1.807) is 23.6 Å². The Kier molecular flexibility index (Phi) is 3.00. The molecule has 0 bridgehead atoms. The highest BCUT2D eigenvalue weighted by Gasteiger charge is 2.08. The smallest absolute Gasteiger partial charge is 0.129 e. The summed E-state index contributed by atoms with van der Waals surface area (Å²) in [7, 11) is 0. The van der Waals surface area contributed by atoms with Gasteiger partial charge in [0.25, 0.3) is 0 Å². The van der Waals surface area contributed by atoms with E-state index in [2.05, 4.69) is 9.97 Å². The highest BCUT2D eigenvalue weighted by atomic mass is 35.5. The summed E-state index contributed by atoms with van der Waals surface area (Å²) in [6.45, 7) is 1.92. The average molecular weight is 241 g/mol. The van der Waals surface area contributed by atoms with Gasteiger partial charge in [0.15, 0.2) is 0 Å². The summed E-state index contributed by atoms with van der Waals surface area (Å²) < 4.78 is 0. The first-order chi connectivity index (χ1) is 7.20. The number of hydrogen-bond donors (Lipinski definition) is 1. The van der Waals surface area contributed by atoms with Crippen LogP contribution in [0.4, 0.5) is 0 Å². The maximum Gasteiger partial charge on any atom is 0.129 e. The SMILES string of the molecule is Cc1sc(-c2ccc(Cl)nc2)nc1CO. The predicted molar refractivity (Wildman–Crippen MR) is 61.0 cm³/mol. The van der Waals surface area contributed by atoms with E-state index in [1.165, 1.54) is 0 Å². The fourth-order valence-corrected chi connectivity index (χ4v) is 2.22. The maximum absolute atomic E-state index is 9.03. The fraction of sp³-hybridized carbons (Fsp3) is 0.200. The van der Waals surface area contributed by atoms with E-state index in [4.69, 9.17) is 16.7 Å². The summed E-state index contributed by atoms with van der Waals surface area (Å²) >= 11 is 7.24. The molecule has 78 valence electrons. The second kappa shape index (κ2) is 4.26. The number of nitrogens with zero attached hydrogens (tertiary/aromatic N) is 2. The van der Waals surface area contributed by atoms with Crippen molar-refractivity contribution in [3.63, 3.8) is 0 Å². The number of aromatic nitrogens is 2. The van der Waals surface area contributed by atoms with Crippen LogP contribution < -0.4 is 0 Å². The van der Waals surface area contributed by atoms with E-state index in [0.717, 1.165) is 21.1 Å². The molecular formula is C10H9ClN2OS. The molecule has 1 N–H and O–H groups in total. The Hall–Kier alpha value is -0.970. The number of pyridine rings is 1. The van der Waals surface area contributed by atoms with E-state index in [0.29, 0.717) is 5.15 Å². The van der Waals surface area contributed by atoms with Crippen LogP contribution in [0.25, 0.3) is 10.6 Å². The zero-order chi connectivity index (χ0) is 10.8. The van der Waals surface area contributed by atoms with Crippen LogP contribution in [-0.2, 0) is 6.61 Å². The van der Waals surface area contributed by atoms with Gasteiger partial charge in [0.05, 0.1) is 12.3 Å². The second-order valence-electron chi connectivity index (χ2n) is 3.05. The molecule has 0 saturated heterocycles. The first-order valence-corrected chi connectivity index (χ1v) is 5.59. The molecule has 0 fully saturated rings. The third-order valence-corrected chi connectivity index (χ3v) is 3.30. The fourth-order valence-electron chi connectivity index (χ4n) is 1.20. The zero-order valence-corrected chi connectivity index (χ0v) is 9.64. The molecule has 2 aromatic rings. The molecule has 0 aliphatic heterocycles. The number of hydrogen-bond acceptors (Lipinski definition) is 4. The minimum absolute atomic E-state index is 0.0245. The molecule has 5 heteroatoms. The minimum Gasteiger partial charge on any atom is -0.390 e. The van der Waals surface area contributed by atoms with Gasteiger partial charge in [0.1, 0.15) is 10.2 Å². The molecule has 0 saturated carbocycles. The van der Waals surface area contributed by atoms with Crippen LogP contribution in [0.15, 0.2) is 18.3 Å². The molecular weight excluding hydrogens is 232 g/mol. The summed E-state index contributed by atoms with van der Waals surface area (Å²) in [4.78, 5) is 9.33. The first kappa shape index (κ1) is 10.5. The van der Waals surface area contributed by atoms with Crippen molar-refractivity contribution in [3.8, 4) is 10.6 Å². The van der Waals surface area contributed by atoms with Crippen molar-refractivity contribution in [2.45, 2.75) is 13.5 Å². The van der Waals surface area contributed by atoms with Crippen molar-refractivity contribution in [2.24, 2.45) is 0 Å². The number of halogens is 1. The first-order valence-electron chi connectivity index (χ1n) is 4.40. The van der Waals surface area contributed by atoms with Crippen LogP contribution in [0.3, 0.4) is 0 Å². The van der Waals surface area contributed by atoms with E-state index in [-0.39, 0.29) is 6.61 Å². The molecule has 0 atom stereocenters. The second-order valence-corrected chi connectivity index (χ2v) is 4.64. The predicted octanol–water partition coefficient (Wildman–Crippen LogP) is 2.66. The lowest BCUT2D eigenvalue weighted by Gasteiger charge is -1.94. The van der Waals surface area contributed by atoms with E-state index in [9.17, 15) is 0 Å². The van der Waals surface area contributed by atoms with Crippen LogP contribution in [0.5, 0.6) is 0 Å². The molecule has 2 heterocycles. The Morgan fingerprint density at radius 3 is 2.80 bits per heavy atom. The number of thiazole rings is 1. The van der Waals surface area contributed by atoms with Gasteiger partial charge in [-0.3, -0.25) is 0 Å². The Labute approximate surface area is 96.4 Å². The number of aryl methyl sites for hydroxylation is 1. The van der Waals surface area contributed by atoms with Gasteiger partial charge in [-0.05, 0) is 19.1 Å². The van der Waals surface area contributed by atoms with Crippen LogP contribution in [0, 0.1) is 6.92 Å². The lowest BCUT2D eigenvalue weighted by molar-refractivity contribution is 0.277. The van der Waals surface area contributed by atoms with Crippen LogP contribution in [-0.4, -0.2) is 15.1 Å². The summed E-state index contributed by atoms with van der Waals surface area (Å²) in [5, 5.41) is 10.4. The van der Waals surface area contributed by atoms with Crippen LogP contribution in [0.2, 0.25) is 5.15 Å². The van der Waals surface area contributed by atoms with Crippen molar-refractivity contribution in [1.29, 1.82) is 0 Å². The third kappa shape index (κ3) is 2.17. The quantitative estimate of drug-likeness (QED) is 0.821. The summed E-state index contributed by atoms with van der Waals surface area (Å²) in [6, 6.07) is 3.60. The normalized spacial score (nSPS) is 10.6.